The first kappa shape index (κ1) is 19.3. The van der Waals surface area contributed by atoms with Crippen LogP contribution in [0.1, 0.15) is 18.1 Å². The van der Waals surface area contributed by atoms with Gasteiger partial charge in [-0.15, -0.1) is 0 Å². The van der Waals surface area contributed by atoms with Gasteiger partial charge in [-0.05, 0) is 49.7 Å². The van der Waals surface area contributed by atoms with Crippen molar-refractivity contribution in [1.29, 1.82) is 0 Å². The van der Waals surface area contributed by atoms with Crippen LogP contribution < -0.4 is 4.90 Å². The third kappa shape index (κ3) is 5.75. The topological polar surface area (TPSA) is 96.5 Å². The summed E-state index contributed by atoms with van der Waals surface area (Å²) >= 11 is 0. The molecule has 0 fully saturated rings. The Morgan fingerprint density at radius 1 is 1.12 bits per heavy atom. The Hall–Kier alpha value is -2.06. The van der Waals surface area contributed by atoms with Crippen molar-refractivity contribution < 1.29 is 18.8 Å². The van der Waals surface area contributed by atoms with Gasteiger partial charge in [-0.1, -0.05) is 12.1 Å². The van der Waals surface area contributed by atoms with Crippen molar-refractivity contribution in [3.05, 3.63) is 53.6 Å². The fourth-order valence-corrected chi connectivity index (χ4v) is 2.88. The third-order valence-corrected chi connectivity index (χ3v) is 4.57. The lowest BCUT2D eigenvalue weighted by molar-refractivity contribution is 0.376. The average Bonchev–Trinajstić information content (AvgIpc) is 2.55. The summed E-state index contributed by atoms with van der Waals surface area (Å²) in [6.07, 6.45) is 1.62. The van der Waals surface area contributed by atoms with Crippen molar-refractivity contribution in [2.24, 2.45) is 4.99 Å². The van der Waals surface area contributed by atoms with Gasteiger partial charge in [-0.25, -0.2) is 0 Å². The quantitative estimate of drug-likeness (QED) is 0.542. The van der Waals surface area contributed by atoms with Crippen LogP contribution >= 0.6 is 10.9 Å². The van der Waals surface area contributed by atoms with Gasteiger partial charge in [0.15, 0.2) is 0 Å². The number of aromatic hydroxyl groups is 1. The zero-order chi connectivity index (χ0) is 18.4. The number of aliphatic imine (C=N–C) groups is 1. The molecule has 2 aromatic rings. The van der Waals surface area contributed by atoms with Crippen molar-refractivity contribution in [2.75, 3.05) is 23.7 Å². The Balaban J connectivity index is 2.15. The van der Waals surface area contributed by atoms with E-state index in [4.69, 9.17) is 13.7 Å². The molecule has 0 saturated carbocycles. The molecule has 0 aliphatic carbocycles. The van der Waals surface area contributed by atoms with E-state index in [1.54, 1.807) is 24.4 Å². The summed E-state index contributed by atoms with van der Waals surface area (Å²) in [4.78, 5) is 6.38. The van der Waals surface area contributed by atoms with E-state index < -0.39 is 10.9 Å². The molecule has 0 heterocycles. The second kappa shape index (κ2) is 8.35. The van der Waals surface area contributed by atoms with Gasteiger partial charge in [-0.2, -0.15) is 0 Å². The summed E-state index contributed by atoms with van der Waals surface area (Å²) < 4.78 is 27.4. The van der Waals surface area contributed by atoms with Gasteiger partial charge < -0.3 is 23.7 Å². The van der Waals surface area contributed by atoms with Crippen molar-refractivity contribution in [2.45, 2.75) is 13.8 Å². The van der Waals surface area contributed by atoms with Gasteiger partial charge in [-0.3, -0.25) is 4.99 Å². The van der Waals surface area contributed by atoms with Crippen molar-refractivity contribution in [3.8, 4) is 5.75 Å². The molecule has 6 nitrogen and oxygen atoms in total. The molecule has 0 amide bonds. The summed E-state index contributed by atoms with van der Waals surface area (Å²) in [7, 11) is -3.49. The number of benzene rings is 2. The standard InChI is InChI=1S/C18H24N2O4S/c1-3-20(10-11-25(22,23)24)16-8-9-17(14(2)12-16)19-13-15-6-4-5-7-18(15)21/h4-9,12-13,21-24H,3,10-11H2,1-2H3. The first-order valence-electron chi connectivity index (χ1n) is 7.96. The summed E-state index contributed by atoms with van der Waals surface area (Å²) in [5.74, 6) is 0.0910. The van der Waals surface area contributed by atoms with Crippen LogP contribution in [-0.2, 0) is 0 Å². The van der Waals surface area contributed by atoms with Gasteiger partial charge in [0.05, 0.1) is 22.3 Å². The largest absolute Gasteiger partial charge is 0.507 e. The van der Waals surface area contributed by atoms with Gasteiger partial charge in [0.2, 0.25) is 0 Å². The summed E-state index contributed by atoms with van der Waals surface area (Å²) in [6, 6.07) is 12.7. The predicted molar refractivity (Wildman–Crippen MR) is 105 cm³/mol. The highest BCUT2D eigenvalue weighted by atomic mass is 32.3. The van der Waals surface area contributed by atoms with Crippen LogP contribution in [0, 0.1) is 6.92 Å². The minimum Gasteiger partial charge on any atom is -0.507 e. The van der Waals surface area contributed by atoms with Crippen LogP contribution in [0.2, 0.25) is 0 Å². The highest BCUT2D eigenvalue weighted by Gasteiger charge is 2.14. The van der Waals surface area contributed by atoms with E-state index in [0.717, 1.165) is 16.9 Å². The molecule has 0 unspecified atom stereocenters. The second-order valence-corrected chi connectivity index (χ2v) is 7.38. The maximum atomic E-state index is 9.77. The monoisotopic (exact) mass is 364 g/mol. The molecule has 25 heavy (non-hydrogen) atoms. The number of hydrogen-bond acceptors (Lipinski definition) is 6. The molecule has 0 atom stereocenters. The van der Waals surface area contributed by atoms with Crippen LogP contribution in [-0.4, -0.2) is 43.8 Å². The van der Waals surface area contributed by atoms with Gasteiger partial charge >= 0.3 is 0 Å². The molecule has 4 N–H and O–H groups in total. The maximum Gasteiger partial charge on any atom is 0.124 e. The van der Waals surface area contributed by atoms with Crippen molar-refractivity contribution in [1.82, 2.24) is 0 Å². The van der Waals surface area contributed by atoms with E-state index in [0.29, 0.717) is 18.7 Å². The molecule has 0 saturated heterocycles. The lowest BCUT2D eigenvalue weighted by atomic mass is 10.1. The Bertz CT molecular complexity index is 744. The lowest BCUT2D eigenvalue weighted by Crippen LogP contribution is -2.27. The maximum absolute atomic E-state index is 9.77. The molecule has 2 rings (SSSR count). The summed E-state index contributed by atoms with van der Waals surface area (Å²) in [6.45, 7) is 4.92. The molecule has 2 aromatic carbocycles. The lowest BCUT2D eigenvalue weighted by Gasteiger charge is -2.27. The van der Waals surface area contributed by atoms with Crippen LogP contribution in [0.5, 0.6) is 5.75 Å². The number of anilines is 1. The van der Waals surface area contributed by atoms with Crippen LogP contribution in [0.4, 0.5) is 11.4 Å². The fourth-order valence-electron chi connectivity index (χ4n) is 2.42. The van der Waals surface area contributed by atoms with Crippen molar-refractivity contribution in [3.63, 3.8) is 0 Å². The van der Waals surface area contributed by atoms with E-state index >= 15 is 0 Å². The molecule has 0 bridgehead atoms. The highest BCUT2D eigenvalue weighted by Crippen LogP contribution is 2.33. The Morgan fingerprint density at radius 2 is 1.84 bits per heavy atom. The van der Waals surface area contributed by atoms with Gasteiger partial charge in [0.25, 0.3) is 0 Å². The number of para-hydroxylation sites is 1. The zero-order valence-electron chi connectivity index (χ0n) is 14.3. The molecule has 0 aliphatic heterocycles. The minimum absolute atomic E-state index is 0.0902. The Kier molecular flexibility index (Phi) is 6.44. The summed E-state index contributed by atoms with van der Waals surface area (Å²) in [5.41, 5.74) is 3.31. The molecule has 136 valence electrons. The molecule has 0 aromatic heterocycles. The first-order valence-corrected chi connectivity index (χ1v) is 9.63. The smallest absolute Gasteiger partial charge is 0.124 e. The fraction of sp³-hybridized carbons (Fsp3) is 0.278. The molecular formula is C18H24N2O4S. The zero-order valence-corrected chi connectivity index (χ0v) is 15.1. The highest BCUT2D eigenvalue weighted by molar-refractivity contribution is 8.19. The Morgan fingerprint density at radius 3 is 2.44 bits per heavy atom. The predicted octanol–water partition coefficient (Wildman–Crippen LogP) is 4.50. The molecule has 0 radical (unpaired) electrons. The SMILES string of the molecule is CCN(CCS(O)(O)O)c1ccc(N=Cc2ccccc2O)c(C)c1. The van der Waals surface area contributed by atoms with E-state index in [9.17, 15) is 5.11 Å². The summed E-state index contributed by atoms with van der Waals surface area (Å²) in [5, 5.41) is 9.77. The van der Waals surface area contributed by atoms with Gasteiger partial charge in [0, 0.05) is 30.6 Å². The molecular weight excluding hydrogens is 340 g/mol. The second-order valence-electron chi connectivity index (χ2n) is 5.70. The average molecular weight is 364 g/mol. The van der Waals surface area contributed by atoms with Gasteiger partial charge in [0.1, 0.15) is 5.75 Å². The Labute approximate surface area is 149 Å². The van der Waals surface area contributed by atoms with E-state index in [-0.39, 0.29) is 11.5 Å². The molecule has 0 aliphatic rings. The normalized spacial score (nSPS) is 12.5. The van der Waals surface area contributed by atoms with E-state index in [1.807, 2.05) is 43.0 Å². The van der Waals surface area contributed by atoms with Crippen LogP contribution in [0.15, 0.2) is 47.5 Å². The number of phenolic OH excluding ortho intramolecular Hbond substituents is 1. The number of hydrogen-bond donors (Lipinski definition) is 4. The first-order chi connectivity index (χ1) is 11.8. The van der Waals surface area contributed by atoms with Crippen molar-refractivity contribution >= 4 is 28.5 Å². The number of phenols is 1. The number of aryl methyl sites for hydroxylation is 1. The van der Waals surface area contributed by atoms with E-state index in [1.165, 1.54) is 0 Å². The molecule has 7 heteroatoms. The minimum atomic E-state index is -3.49. The third-order valence-electron chi connectivity index (χ3n) is 3.84. The van der Waals surface area contributed by atoms with Crippen LogP contribution in [0.25, 0.3) is 0 Å². The number of nitrogens with zero attached hydrogens (tertiary/aromatic N) is 2. The molecule has 0 spiro atoms. The van der Waals surface area contributed by atoms with E-state index in [2.05, 4.69) is 4.99 Å². The van der Waals surface area contributed by atoms with Crippen LogP contribution in [0.3, 0.4) is 0 Å². The number of rotatable bonds is 7.